The van der Waals surface area contributed by atoms with Gasteiger partial charge >= 0.3 is 0 Å². The first-order valence-corrected chi connectivity index (χ1v) is 9.67. The molecule has 0 saturated heterocycles. The van der Waals surface area contributed by atoms with Gasteiger partial charge in [0.05, 0.1) is 16.3 Å². The second-order valence-electron chi connectivity index (χ2n) is 5.53. The van der Waals surface area contributed by atoms with Crippen LogP contribution >= 0.6 is 11.3 Å². The average molecular weight is 363 g/mol. The monoisotopic (exact) mass is 363 g/mol. The van der Waals surface area contributed by atoms with Gasteiger partial charge in [-0.3, -0.25) is 0 Å². The zero-order valence-corrected chi connectivity index (χ0v) is 15.2. The quantitative estimate of drug-likeness (QED) is 0.752. The number of aromatic nitrogens is 2. The number of aryl methyl sites for hydroxylation is 3. The third kappa shape index (κ3) is 3.40. The van der Waals surface area contributed by atoms with Crippen molar-refractivity contribution >= 4 is 21.4 Å². The van der Waals surface area contributed by atoms with Crippen molar-refractivity contribution in [1.82, 2.24) is 14.9 Å². The molecule has 24 heavy (non-hydrogen) atoms. The van der Waals surface area contributed by atoms with Crippen LogP contribution in [0.15, 0.2) is 39.0 Å². The summed E-state index contributed by atoms with van der Waals surface area (Å²) in [6.07, 6.45) is 0. The Morgan fingerprint density at radius 1 is 1.17 bits per heavy atom. The zero-order valence-electron chi connectivity index (χ0n) is 13.5. The van der Waals surface area contributed by atoms with Crippen molar-refractivity contribution in [2.24, 2.45) is 0 Å². The van der Waals surface area contributed by atoms with Gasteiger partial charge in [-0.05, 0) is 43.3 Å². The Kier molecular flexibility index (Phi) is 4.53. The number of nitrogens with zero attached hydrogens (tertiary/aromatic N) is 2. The molecule has 0 saturated carbocycles. The van der Waals surface area contributed by atoms with Gasteiger partial charge in [0.2, 0.25) is 15.9 Å². The van der Waals surface area contributed by atoms with Crippen molar-refractivity contribution < 1.29 is 12.8 Å². The lowest BCUT2D eigenvalue weighted by Gasteiger charge is -2.12. The van der Waals surface area contributed by atoms with E-state index in [2.05, 4.69) is 14.9 Å². The van der Waals surface area contributed by atoms with Gasteiger partial charge in [-0.25, -0.2) is 13.1 Å². The van der Waals surface area contributed by atoms with Crippen molar-refractivity contribution in [3.05, 3.63) is 52.2 Å². The molecule has 0 atom stereocenters. The second-order valence-corrected chi connectivity index (χ2v) is 8.18. The van der Waals surface area contributed by atoms with Crippen LogP contribution in [-0.2, 0) is 16.6 Å². The van der Waals surface area contributed by atoms with E-state index >= 15 is 0 Å². The number of thiophene rings is 1. The fraction of sp³-hybridized carbons (Fsp3) is 0.250. The van der Waals surface area contributed by atoms with Gasteiger partial charge in [-0.2, -0.15) is 0 Å². The van der Waals surface area contributed by atoms with E-state index in [1.807, 2.05) is 36.6 Å². The highest BCUT2D eigenvalue weighted by Gasteiger charge is 2.21. The van der Waals surface area contributed by atoms with Gasteiger partial charge < -0.3 is 4.42 Å². The molecule has 0 fully saturated rings. The van der Waals surface area contributed by atoms with Crippen LogP contribution in [0.2, 0.25) is 0 Å². The maximum Gasteiger partial charge on any atom is 0.257 e. The van der Waals surface area contributed by atoms with Crippen LogP contribution in [-0.4, -0.2) is 18.6 Å². The van der Waals surface area contributed by atoms with E-state index in [1.165, 1.54) is 11.3 Å². The molecule has 0 aliphatic rings. The molecule has 0 amide bonds. The molecule has 8 heteroatoms. The molecule has 3 aromatic rings. The van der Waals surface area contributed by atoms with E-state index in [4.69, 9.17) is 4.42 Å². The number of hydrogen-bond acceptors (Lipinski definition) is 6. The number of nitrogens with one attached hydrogen (secondary N) is 1. The summed E-state index contributed by atoms with van der Waals surface area (Å²) in [5.41, 5.74) is 2.45. The van der Waals surface area contributed by atoms with E-state index in [9.17, 15) is 8.42 Å². The second kappa shape index (κ2) is 6.46. The Bertz CT molecular complexity index is 937. The summed E-state index contributed by atoms with van der Waals surface area (Å²) in [4.78, 5) is 1.15. The lowest BCUT2D eigenvalue weighted by atomic mass is 10.1. The minimum absolute atomic E-state index is 0.0481. The first-order chi connectivity index (χ1) is 11.4. The van der Waals surface area contributed by atoms with E-state index in [-0.39, 0.29) is 12.4 Å². The normalized spacial score (nSPS) is 11.8. The summed E-state index contributed by atoms with van der Waals surface area (Å²) in [6.45, 7) is 5.47. The van der Waals surface area contributed by atoms with Crippen molar-refractivity contribution in [3.63, 3.8) is 0 Å². The van der Waals surface area contributed by atoms with Crippen LogP contribution in [0.25, 0.3) is 10.8 Å². The summed E-state index contributed by atoms with van der Waals surface area (Å²) in [6, 6.07) is 7.45. The molecule has 1 aromatic carbocycles. The highest BCUT2D eigenvalue weighted by molar-refractivity contribution is 7.89. The molecule has 2 aromatic heterocycles. The lowest BCUT2D eigenvalue weighted by molar-refractivity contribution is 0.495. The number of benzene rings is 1. The molecule has 0 aliphatic carbocycles. The van der Waals surface area contributed by atoms with Crippen LogP contribution in [0, 0.1) is 20.8 Å². The molecule has 3 rings (SSSR count). The van der Waals surface area contributed by atoms with Crippen molar-refractivity contribution in [2.45, 2.75) is 32.2 Å². The average Bonchev–Trinajstić information content (AvgIpc) is 3.15. The molecule has 6 nitrogen and oxygen atoms in total. The smallest absolute Gasteiger partial charge is 0.257 e. The predicted molar refractivity (Wildman–Crippen MR) is 92.3 cm³/mol. The topological polar surface area (TPSA) is 85.1 Å². The minimum atomic E-state index is -3.66. The minimum Gasteiger partial charge on any atom is -0.418 e. The number of sulfonamides is 1. The molecule has 1 N–H and O–H groups in total. The maximum atomic E-state index is 12.6. The lowest BCUT2D eigenvalue weighted by Crippen LogP contribution is -2.25. The third-order valence-corrected chi connectivity index (χ3v) is 6.05. The number of hydrogen-bond donors (Lipinski definition) is 1. The van der Waals surface area contributed by atoms with E-state index in [0.717, 1.165) is 10.4 Å². The van der Waals surface area contributed by atoms with E-state index in [0.29, 0.717) is 21.9 Å². The Balaban J connectivity index is 1.79. The molecule has 0 spiro atoms. The molecule has 2 heterocycles. The first kappa shape index (κ1) is 16.8. The van der Waals surface area contributed by atoms with Gasteiger partial charge in [-0.15, -0.1) is 21.5 Å². The summed E-state index contributed by atoms with van der Waals surface area (Å²) in [7, 11) is -3.66. The van der Waals surface area contributed by atoms with Crippen LogP contribution in [0.5, 0.6) is 0 Å². The zero-order chi connectivity index (χ0) is 17.3. The molecular formula is C16H17N3O3S2. The highest BCUT2D eigenvalue weighted by Crippen LogP contribution is 2.24. The Morgan fingerprint density at radius 2 is 1.88 bits per heavy atom. The predicted octanol–water partition coefficient (Wildman–Crippen LogP) is 3.20. The molecule has 0 bridgehead atoms. The largest absolute Gasteiger partial charge is 0.418 e. The molecule has 0 aliphatic heterocycles. The third-order valence-electron chi connectivity index (χ3n) is 3.49. The Hall–Kier alpha value is -2.03. The maximum absolute atomic E-state index is 12.6. The number of rotatable bonds is 5. The van der Waals surface area contributed by atoms with Crippen molar-refractivity contribution in [1.29, 1.82) is 0 Å². The summed E-state index contributed by atoms with van der Waals surface area (Å²) < 4.78 is 33.2. The molecular weight excluding hydrogens is 346 g/mol. The van der Waals surface area contributed by atoms with Crippen molar-refractivity contribution in [3.8, 4) is 10.8 Å². The SMILES string of the molecule is Cc1cc(C)c(S(=O)(=O)NCc2nnc(-c3cccs3)o2)c(C)c1. The summed E-state index contributed by atoms with van der Waals surface area (Å²) in [5, 5.41) is 9.74. The van der Waals surface area contributed by atoms with Gasteiger partial charge in [0.15, 0.2) is 0 Å². The van der Waals surface area contributed by atoms with Gasteiger partial charge in [0.1, 0.15) is 0 Å². The van der Waals surface area contributed by atoms with Gasteiger partial charge in [0, 0.05) is 0 Å². The fourth-order valence-electron chi connectivity index (χ4n) is 2.64. The summed E-state index contributed by atoms with van der Waals surface area (Å²) in [5.74, 6) is 0.617. The van der Waals surface area contributed by atoms with E-state index < -0.39 is 10.0 Å². The van der Waals surface area contributed by atoms with Crippen LogP contribution in [0.4, 0.5) is 0 Å². The molecule has 0 unspecified atom stereocenters. The van der Waals surface area contributed by atoms with E-state index in [1.54, 1.807) is 13.8 Å². The molecule has 126 valence electrons. The van der Waals surface area contributed by atoms with Gasteiger partial charge in [0.25, 0.3) is 5.89 Å². The highest BCUT2D eigenvalue weighted by atomic mass is 32.2. The fourth-order valence-corrected chi connectivity index (χ4v) is 4.71. The standard InChI is InChI=1S/C16H17N3O3S2/c1-10-7-11(2)15(12(3)8-10)24(20,21)17-9-14-18-19-16(22-14)13-5-4-6-23-13/h4-8,17H,9H2,1-3H3. The van der Waals surface area contributed by atoms with Gasteiger partial charge in [-0.1, -0.05) is 23.8 Å². The summed E-state index contributed by atoms with van der Waals surface area (Å²) >= 11 is 1.48. The van der Waals surface area contributed by atoms with Crippen LogP contribution in [0.3, 0.4) is 0 Å². The first-order valence-electron chi connectivity index (χ1n) is 7.30. The van der Waals surface area contributed by atoms with Crippen LogP contribution < -0.4 is 4.72 Å². The molecule has 0 radical (unpaired) electrons. The Labute approximate surface area is 144 Å². The van der Waals surface area contributed by atoms with Crippen molar-refractivity contribution in [2.75, 3.05) is 0 Å². The van der Waals surface area contributed by atoms with Crippen LogP contribution in [0.1, 0.15) is 22.6 Å². The Morgan fingerprint density at radius 3 is 2.50 bits per heavy atom.